The Hall–Kier alpha value is -2.61. The molecule has 3 rings (SSSR count). The fourth-order valence-corrected chi connectivity index (χ4v) is 3.25. The van der Waals surface area contributed by atoms with Crippen LogP contribution in [-0.4, -0.2) is 71.7 Å². The van der Waals surface area contributed by atoms with Crippen molar-refractivity contribution in [2.45, 2.75) is 25.3 Å². The van der Waals surface area contributed by atoms with Gasteiger partial charge in [0.25, 0.3) is 0 Å². The summed E-state index contributed by atoms with van der Waals surface area (Å²) in [5.74, 6) is 0.217. The number of likely N-dealkylation sites (N-methyl/N-ethyl adjacent to an activating group) is 1. The molecule has 0 bridgehead atoms. The Morgan fingerprint density at radius 1 is 1.42 bits per heavy atom. The predicted molar refractivity (Wildman–Crippen MR) is 101 cm³/mol. The Labute approximate surface area is 152 Å². The van der Waals surface area contributed by atoms with E-state index in [0.29, 0.717) is 18.7 Å². The van der Waals surface area contributed by atoms with Crippen molar-refractivity contribution in [2.24, 2.45) is 0 Å². The summed E-state index contributed by atoms with van der Waals surface area (Å²) in [4.78, 5) is 28.1. The van der Waals surface area contributed by atoms with Crippen LogP contribution in [0, 0.1) is 0 Å². The third-order valence-corrected chi connectivity index (χ3v) is 4.70. The van der Waals surface area contributed by atoms with E-state index in [-0.39, 0.29) is 18.0 Å². The van der Waals surface area contributed by atoms with Gasteiger partial charge in [0.05, 0.1) is 11.7 Å². The normalized spacial score (nSPS) is 17.3. The van der Waals surface area contributed by atoms with Crippen LogP contribution in [0.15, 0.2) is 24.4 Å². The molecular formula is C18H26N6O2. The Morgan fingerprint density at radius 2 is 2.27 bits per heavy atom. The maximum Gasteiger partial charge on any atom is 0.319 e. The molecule has 1 atom stereocenters. The van der Waals surface area contributed by atoms with Crippen LogP contribution in [0.1, 0.15) is 19.3 Å². The number of carbonyl (C=O) groups is 2. The number of H-pyrrole nitrogens is 1. The highest BCUT2D eigenvalue weighted by atomic mass is 16.2. The molecule has 1 saturated heterocycles. The van der Waals surface area contributed by atoms with Crippen molar-refractivity contribution in [3.63, 3.8) is 0 Å². The molecule has 0 radical (unpaired) electrons. The number of aromatic amines is 1. The molecule has 3 N–H and O–H groups in total. The number of likely N-dealkylation sites (tertiary alicyclic amines) is 1. The Balaban J connectivity index is 1.44. The van der Waals surface area contributed by atoms with Crippen LogP contribution in [0.5, 0.6) is 0 Å². The molecule has 0 saturated carbocycles. The van der Waals surface area contributed by atoms with E-state index in [2.05, 4.69) is 25.7 Å². The SMILES string of the molecule is CN(C)CCN1C(=O)CCC1CCNC(=O)Nc1ccc2cn[nH]c2c1. The zero-order chi connectivity index (χ0) is 18.5. The van der Waals surface area contributed by atoms with Crippen LogP contribution in [0.2, 0.25) is 0 Å². The van der Waals surface area contributed by atoms with Gasteiger partial charge in [-0.3, -0.25) is 9.89 Å². The smallest absolute Gasteiger partial charge is 0.319 e. The van der Waals surface area contributed by atoms with E-state index in [9.17, 15) is 9.59 Å². The largest absolute Gasteiger partial charge is 0.338 e. The Kier molecular flexibility index (Phi) is 5.72. The maximum absolute atomic E-state index is 12.1. The first-order valence-electron chi connectivity index (χ1n) is 8.95. The zero-order valence-electron chi connectivity index (χ0n) is 15.3. The molecule has 1 aromatic heterocycles. The average Bonchev–Trinajstić information content (AvgIpc) is 3.19. The Morgan fingerprint density at radius 3 is 3.08 bits per heavy atom. The number of nitrogens with zero attached hydrogens (tertiary/aromatic N) is 3. The van der Waals surface area contributed by atoms with Crippen LogP contribution < -0.4 is 10.6 Å². The second kappa shape index (κ2) is 8.18. The van der Waals surface area contributed by atoms with Crippen molar-refractivity contribution < 1.29 is 9.59 Å². The van der Waals surface area contributed by atoms with Crippen molar-refractivity contribution in [2.75, 3.05) is 39.0 Å². The van der Waals surface area contributed by atoms with Crippen molar-refractivity contribution in [3.05, 3.63) is 24.4 Å². The number of hydrogen-bond donors (Lipinski definition) is 3. The van der Waals surface area contributed by atoms with Gasteiger partial charge >= 0.3 is 6.03 Å². The quantitative estimate of drug-likeness (QED) is 0.701. The minimum Gasteiger partial charge on any atom is -0.338 e. The van der Waals surface area contributed by atoms with Gasteiger partial charge in [0, 0.05) is 43.2 Å². The molecule has 1 aliphatic rings. The fraction of sp³-hybridized carbons (Fsp3) is 0.500. The fourth-order valence-electron chi connectivity index (χ4n) is 3.25. The highest BCUT2D eigenvalue weighted by molar-refractivity contribution is 5.92. The highest BCUT2D eigenvalue weighted by Gasteiger charge is 2.30. The van der Waals surface area contributed by atoms with E-state index in [1.165, 1.54) is 0 Å². The number of hydrogen-bond acceptors (Lipinski definition) is 4. The number of aromatic nitrogens is 2. The van der Waals surface area contributed by atoms with E-state index in [1.807, 2.05) is 37.2 Å². The zero-order valence-corrected chi connectivity index (χ0v) is 15.3. The number of rotatable bonds is 7. The lowest BCUT2D eigenvalue weighted by Crippen LogP contribution is -2.40. The molecule has 0 spiro atoms. The second-order valence-electron chi connectivity index (χ2n) is 6.92. The van der Waals surface area contributed by atoms with Crippen LogP contribution in [-0.2, 0) is 4.79 Å². The third-order valence-electron chi connectivity index (χ3n) is 4.70. The van der Waals surface area contributed by atoms with Gasteiger partial charge in [0.2, 0.25) is 5.91 Å². The van der Waals surface area contributed by atoms with E-state index in [0.717, 1.165) is 36.8 Å². The lowest BCUT2D eigenvalue weighted by Gasteiger charge is -2.26. The van der Waals surface area contributed by atoms with Gasteiger partial charge in [0.15, 0.2) is 0 Å². The molecule has 140 valence electrons. The first-order valence-corrected chi connectivity index (χ1v) is 8.95. The van der Waals surface area contributed by atoms with Gasteiger partial charge in [-0.05, 0) is 45.1 Å². The van der Waals surface area contributed by atoms with Gasteiger partial charge in [-0.25, -0.2) is 4.79 Å². The molecule has 8 heteroatoms. The summed E-state index contributed by atoms with van der Waals surface area (Å²) >= 11 is 0. The van der Waals surface area contributed by atoms with Gasteiger partial charge in [-0.2, -0.15) is 5.10 Å². The lowest BCUT2D eigenvalue weighted by molar-refractivity contribution is -0.129. The molecule has 26 heavy (non-hydrogen) atoms. The van der Waals surface area contributed by atoms with Crippen LogP contribution in [0.3, 0.4) is 0 Å². The molecule has 8 nitrogen and oxygen atoms in total. The van der Waals surface area contributed by atoms with Crippen LogP contribution in [0.4, 0.5) is 10.5 Å². The molecule has 1 aromatic carbocycles. The molecule has 2 heterocycles. The molecule has 1 unspecified atom stereocenters. The van der Waals surface area contributed by atoms with Gasteiger partial charge in [-0.1, -0.05) is 0 Å². The van der Waals surface area contributed by atoms with Crippen LogP contribution in [0.25, 0.3) is 10.9 Å². The summed E-state index contributed by atoms with van der Waals surface area (Å²) in [6, 6.07) is 5.56. The van der Waals surface area contributed by atoms with E-state index in [4.69, 9.17) is 0 Å². The Bertz CT molecular complexity index is 772. The summed E-state index contributed by atoms with van der Waals surface area (Å²) in [6.45, 7) is 2.13. The first-order chi connectivity index (χ1) is 12.5. The monoisotopic (exact) mass is 358 g/mol. The van der Waals surface area contributed by atoms with Crippen molar-refractivity contribution >= 4 is 28.5 Å². The van der Waals surface area contributed by atoms with E-state index < -0.39 is 0 Å². The van der Waals surface area contributed by atoms with Crippen molar-refractivity contribution in [1.29, 1.82) is 0 Å². The number of fused-ring (bicyclic) bond motifs is 1. The lowest BCUT2D eigenvalue weighted by atomic mass is 10.1. The number of carbonyl (C=O) groups excluding carboxylic acids is 2. The average molecular weight is 358 g/mol. The summed E-state index contributed by atoms with van der Waals surface area (Å²) < 4.78 is 0. The number of amides is 3. The predicted octanol–water partition coefficient (Wildman–Crippen LogP) is 1.63. The van der Waals surface area contributed by atoms with Gasteiger partial charge in [0.1, 0.15) is 0 Å². The summed E-state index contributed by atoms with van der Waals surface area (Å²) in [5.41, 5.74) is 1.59. The molecule has 1 fully saturated rings. The standard InChI is InChI=1S/C18H26N6O2/c1-23(2)9-10-24-15(5-6-17(24)25)7-8-19-18(26)21-14-4-3-13-12-20-22-16(13)11-14/h3-4,11-12,15H,5-10H2,1-2H3,(H,20,22)(H2,19,21,26). The summed E-state index contributed by atoms with van der Waals surface area (Å²) in [6.07, 6.45) is 3.98. The molecule has 0 aliphatic carbocycles. The van der Waals surface area contributed by atoms with Crippen LogP contribution >= 0.6 is 0 Å². The minimum atomic E-state index is -0.243. The maximum atomic E-state index is 12.1. The number of anilines is 1. The topological polar surface area (TPSA) is 93.4 Å². The van der Waals surface area contributed by atoms with Crippen molar-refractivity contribution in [3.8, 4) is 0 Å². The molecular weight excluding hydrogens is 332 g/mol. The second-order valence-corrected chi connectivity index (χ2v) is 6.92. The third kappa shape index (κ3) is 4.51. The van der Waals surface area contributed by atoms with Gasteiger partial charge in [-0.15, -0.1) is 0 Å². The number of benzene rings is 1. The number of nitrogens with one attached hydrogen (secondary N) is 3. The highest BCUT2D eigenvalue weighted by Crippen LogP contribution is 2.21. The van der Waals surface area contributed by atoms with Gasteiger partial charge < -0.3 is 20.4 Å². The molecule has 1 aliphatic heterocycles. The molecule has 3 amide bonds. The first kappa shape index (κ1) is 18.2. The summed E-state index contributed by atoms with van der Waals surface area (Å²) in [7, 11) is 4.00. The minimum absolute atomic E-state index is 0.212. The number of urea groups is 1. The van der Waals surface area contributed by atoms with E-state index >= 15 is 0 Å². The van der Waals surface area contributed by atoms with E-state index in [1.54, 1.807) is 6.20 Å². The van der Waals surface area contributed by atoms with Crippen molar-refractivity contribution in [1.82, 2.24) is 25.3 Å². The molecule has 2 aromatic rings. The summed E-state index contributed by atoms with van der Waals surface area (Å²) in [5, 5.41) is 13.5.